The van der Waals surface area contributed by atoms with Gasteiger partial charge in [0.05, 0.1) is 11.4 Å². The smallest absolute Gasteiger partial charge is 0.322 e. The number of carboxylic acids is 1. The Kier molecular flexibility index (Phi) is 4.61. The fourth-order valence-electron chi connectivity index (χ4n) is 2.94. The summed E-state index contributed by atoms with van der Waals surface area (Å²) in [7, 11) is 0.165. The van der Waals surface area contributed by atoms with Gasteiger partial charge in [-0.25, -0.2) is 8.42 Å². The SMILES string of the molecule is CCC(C(=O)O)N1Cc2sc(-c3ccc(N(C)C)cc3)cc2S1(=O)=O. The average molecular weight is 380 g/mol. The molecule has 25 heavy (non-hydrogen) atoms. The van der Waals surface area contributed by atoms with Crippen LogP contribution in [0.5, 0.6) is 0 Å². The molecule has 1 aromatic heterocycles. The molecule has 1 atom stereocenters. The first-order valence-electron chi connectivity index (χ1n) is 7.90. The summed E-state index contributed by atoms with van der Waals surface area (Å²) < 4.78 is 26.6. The zero-order chi connectivity index (χ0) is 18.4. The Morgan fingerprint density at radius 3 is 2.44 bits per heavy atom. The highest BCUT2D eigenvalue weighted by atomic mass is 32.2. The minimum absolute atomic E-state index is 0.128. The molecule has 2 aromatic rings. The first-order valence-corrected chi connectivity index (χ1v) is 10.2. The molecule has 1 aliphatic rings. The van der Waals surface area contributed by atoms with Crippen molar-refractivity contribution >= 4 is 33.0 Å². The molecule has 0 saturated carbocycles. The summed E-state index contributed by atoms with van der Waals surface area (Å²) >= 11 is 1.41. The highest BCUT2D eigenvalue weighted by Crippen LogP contribution is 2.42. The zero-order valence-corrected chi connectivity index (χ0v) is 15.9. The van der Waals surface area contributed by atoms with Crippen LogP contribution in [0.4, 0.5) is 5.69 Å². The molecule has 0 spiro atoms. The molecule has 3 rings (SSSR count). The Hall–Kier alpha value is -1.90. The van der Waals surface area contributed by atoms with Gasteiger partial charge in [0.2, 0.25) is 10.0 Å². The highest BCUT2D eigenvalue weighted by molar-refractivity contribution is 7.89. The molecule has 0 saturated heterocycles. The largest absolute Gasteiger partial charge is 0.480 e. The van der Waals surface area contributed by atoms with Crippen LogP contribution in [0.3, 0.4) is 0 Å². The van der Waals surface area contributed by atoms with Crippen molar-refractivity contribution in [1.82, 2.24) is 4.31 Å². The van der Waals surface area contributed by atoms with Crippen LogP contribution in [0.1, 0.15) is 18.2 Å². The van der Waals surface area contributed by atoms with Crippen molar-refractivity contribution in [2.45, 2.75) is 30.8 Å². The van der Waals surface area contributed by atoms with Gasteiger partial charge in [0.15, 0.2) is 0 Å². The molecule has 0 aliphatic carbocycles. The third-order valence-corrected chi connectivity index (χ3v) is 7.56. The normalized spacial score (nSPS) is 17.2. The van der Waals surface area contributed by atoms with Crippen LogP contribution in [0.25, 0.3) is 10.4 Å². The third kappa shape index (κ3) is 3.05. The second kappa shape index (κ2) is 6.44. The molecular formula is C17H20N2O4S2. The molecule has 1 unspecified atom stereocenters. The number of rotatable bonds is 5. The predicted molar refractivity (Wildman–Crippen MR) is 98.5 cm³/mol. The van der Waals surface area contributed by atoms with E-state index in [0.717, 1.165) is 20.4 Å². The van der Waals surface area contributed by atoms with E-state index in [0.29, 0.717) is 4.88 Å². The molecule has 2 heterocycles. The van der Waals surface area contributed by atoms with Gasteiger partial charge in [-0.1, -0.05) is 19.1 Å². The predicted octanol–water partition coefficient (Wildman–Crippen LogP) is 2.85. The number of carbonyl (C=O) groups is 1. The Morgan fingerprint density at radius 2 is 1.96 bits per heavy atom. The minimum atomic E-state index is -3.76. The maximum atomic E-state index is 12.7. The van der Waals surface area contributed by atoms with E-state index in [1.807, 2.05) is 43.3 Å². The first-order chi connectivity index (χ1) is 11.8. The topological polar surface area (TPSA) is 77.9 Å². The van der Waals surface area contributed by atoms with E-state index in [1.54, 1.807) is 13.0 Å². The molecule has 8 heteroatoms. The van der Waals surface area contributed by atoms with Crippen molar-refractivity contribution in [2.24, 2.45) is 0 Å². The van der Waals surface area contributed by atoms with Crippen LogP contribution in [0.2, 0.25) is 0 Å². The number of anilines is 1. The second-order valence-corrected chi connectivity index (χ2v) is 9.15. The number of aliphatic carboxylic acids is 1. The van der Waals surface area contributed by atoms with Crippen LogP contribution in [-0.4, -0.2) is 43.9 Å². The van der Waals surface area contributed by atoms with E-state index < -0.39 is 22.0 Å². The summed E-state index contributed by atoms with van der Waals surface area (Å²) in [6.07, 6.45) is 0.238. The van der Waals surface area contributed by atoms with Crippen LogP contribution < -0.4 is 4.90 Å². The Labute approximate surface area is 151 Å². The van der Waals surface area contributed by atoms with E-state index in [4.69, 9.17) is 0 Å². The van der Waals surface area contributed by atoms with Crippen LogP contribution >= 0.6 is 11.3 Å². The van der Waals surface area contributed by atoms with Crippen LogP contribution in [0.15, 0.2) is 35.2 Å². The van der Waals surface area contributed by atoms with Gasteiger partial charge in [0.1, 0.15) is 6.04 Å². The van der Waals surface area contributed by atoms with E-state index in [1.165, 1.54) is 11.3 Å². The molecule has 0 radical (unpaired) electrons. The summed E-state index contributed by atoms with van der Waals surface area (Å²) in [5.41, 5.74) is 2.02. The quantitative estimate of drug-likeness (QED) is 0.863. The third-order valence-electron chi connectivity index (χ3n) is 4.34. The Balaban J connectivity index is 1.94. The van der Waals surface area contributed by atoms with Crippen molar-refractivity contribution in [3.63, 3.8) is 0 Å². The van der Waals surface area contributed by atoms with Crippen LogP contribution in [-0.2, 0) is 21.4 Å². The number of fused-ring (bicyclic) bond motifs is 1. The van der Waals surface area contributed by atoms with Gasteiger partial charge in [-0.2, -0.15) is 4.31 Å². The van der Waals surface area contributed by atoms with Gasteiger partial charge in [0, 0.05) is 29.5 Å². The number of nitrogens with zero attached hydrogens (tertiary/aromatic N) is 2. The molecule has 1 aliphatic heterocycles. The van der Waals surface area contributed by atoms with E-state index in [2.05, 4.69) is 0 Å². The maximum Gasteiger partial charge on any atom is 0.322 e. The average Bonchev–Trinajstić information content (AvgIpc) is 3.07. The number of hydrogen-bond donors (Lipinski definition) is 1. The molecule has 0 fully saturated rings. The lowest BCUT2D eigenvalue weighted by molar-refractivity contribution is -0.141. The second-order valence-electron chi connectivity index (χ2n) is 6.15. The molecule has 1 N–H and O–H groups in total. The van der Waals surface area contributed by atoms with E-state index in [9.17, 15) is 18.3 Å². The fourth-order valence-corrected chi connectivity index (χ4v) is 6.34. The van der Waals surface area contributed by atoms with Gasteiger partial charge in [-0.05, 0) is 30.2 Å². The lowest BCUT2D eigenvalue weighted by Gasteiger charge is -2.21. The van der Waals surface area contributed by atoms with Crippen LogP contribution in [0, 0.1) is 0 Å². The van der Waals surface area contributed by atoms with Crippen molar-refractivity contribution in [3.8, 4) is 10.4 Å². The Bertz CT molecular complexity index is 901. The van der Waals surface area contributed by atoms with Gasteiger partial charge < -0.3 is 10.0 Å². The van der Waals surface area contributed by atoms with Crippen molar-refractivity contribution < 1.29 is 18.3 Å². The summed E-state index contributed by atoms with van der Waals surface area (Å²) in [4.78, 5) is 15.2. The lowest BCUT2D eigenvalue weighted by atomic mass is 10.1. The first kappa shape index (κ1) is 17.9. The molecule has 0 amide bonds. The minimum Gasteiger partial charge on any atom is -0.480 e. The molecule has 134 valence electrons. The fraction of sp³-hybridized carbons (Fsp3) is 0.353. The number of carboxylic acid groups (broad SMARTS) is 1. The van der Waals surface area contributed by atoms with E-state index in [-0.39, 0.29) is 17.9 Å². The standard InChI is InChI=1S/C17H20N2O4S2/c1-4-13(17(20)21)19-10-15-16(25(19,22)23)9-14(24-15)11-5-7-12(8-6-11)18(2)3/h5-9,13H,4,10H2,1-3H3,(H,20,21). The molecule has 1 aromatic carbocycles. The van der Waals surface area contributed by atoms with Crippen molar-refractivity contribution in [2.75, 3.05) is 19.0 Å². The van der Waals surface area contributed by atoms with Gasteiger partial charge in [0.25, 0.3) is 0 Å². The van der Waals surface area contributed by atoms with E-state index >= 15 is 0 Å². The molecule has 6 nitrogen and oxygen atoms in total. The number of benzene rings is 1. The van der Waals surface area contributed by atoms with Gasteiger partial charge in [-0.3, -0.25) is 4.79 Å². The number of sulfonamides is 1. The zero-order valence-electron chi connectivity index (χ0n) is 14.3. The summed E-state index contributed by atoms with van der Waals surface area (Å²) in [6.45, 7) is 1.81. The van der Waals surface area contributed by atoms with Gasteiger partial charge >= 0.3 is 5.97 Å². The summed E-state index contributed by atoms with van der Waals surface area (Å²) in [5.74, 6) is -1.11. The molecule has 0 bridgehead atoms. The monoisotopic (exact) mass is 380 g/mol. The van der Waals surface area contributed by atoms with Crippen molar-refractivity contribution in [3.05, 3.63) is 35.2 Å². The molecular weight excluding hydrogens is 360 g/mol. The maximum absolute atomic E-state index is 12.7. The van der Waals surface area contributed by atoms with Crippen molar-refractivity contribution in [1.29, 1.82) is 0 Å². The lowest BCUT2D eigenvalue weighted by Crippen LogP contribution is -2.40. The number of thiophene rings is 1. The van der Waals surface area contributed by atoms with Gasteiger partial charge in [-0.15, -0.1) is 11.3 Å². The highest BCUT2D eigenvalue weighted by Gasteiger charge is 2.42. The Morgan fingerprint density at radius 1 is 1.32 bits per heavy atom. The summed E-state index contributed by atoms with van der Waals surface area (Å²) in [6, 6.07) is 8.54. The summed E-state index contributed by atoms with van der Waals surface area (Å²) in [5, 5.41) is 9.28. The number of hydrogen-bond acceptors (Lipinski definition) is 5.